The zero-order valence-corrected chi connectivity index (χ0v) is 11.6. The van der Waals surface area contributed by atoms with E-state index in [9.17, 15) is 4.39 Å². The van der Waals surface area contributed by atoms with Crippen LogP contribution in [-0.2, 0) is 0 Å². The number of thiocarbonyl (C=S) groups is 1. The van der Waals surface area contributed by atoms with Gasteiger partial charge in [-0.05, 0) is 49.2 Å². The van der Waals surface area contributed by atoms with Gasteiger partial charge >= 0.3 is 0 Å². The molecule has 0 aromatic heterocycles. The van der Waals surface area contributed by atoms with Crippen LogP contribution in [0.1, 0.15) is 16.7 Å². The molecule has 0 atom stereocenters. The Labute approximate surface area is 117 Å². The summed E-state index contributed by atoms with van der Waals surface area (Å²) in [6, 6.07) is 10.8. The maximum atomic E-state index is 13.8. The summed E-state index contributed by atoms with van der Waals surface area (Å²) in [7, 11) is 0. The van der Waals surface area contributed by atoms with Crippen molar-refractivity contribution in [2.24, 2.45) is 5.73 Å². The lowest BCUT2D eigenvalue weighted by molar-refractivity contribution is 0.626. The molecule has 0 saturated heterocycles. The average molecular weight is 274 g/mol. The van der Waals surface area contributed by atoms with E-state index in [0.717, 1.165) is 16.8 Å². The Bertz CT molecular complexity index is 618. The molecule has 2 aromatic carbocycles. The predicted molar refractivity (Wildman–Crippen MR) is 81.5 cm³/mol. The quantitative estimate of drug-likeness (QED) is 0.836. The first-order valence-electron chi connectivity index (χ1n) is 5.91. The summed E-state index contributed by atoms with van der Waals surface area (Å²) in [5, 5.41) is 3.17. The summed E-state index contributed by atoms with van der Waals surface area (Å²) in [6.45, 7) is 4.02. The van der Waals surface area contributed by atoms with Gasteiger partial charge in [0.2, 0.25) is 0 Å². The standard InChI is InChI=1S/C15H15FN2S/c1-9-6-10(2)8-11(7-9)18-13-5-3-4-12(16)14(13)15(17)19/h3-8,18H,1-2H3,(H2,17,19). The van der Waals surface area contributed by atoms with E-state index in [0.29, 0.717) is 5.69 Å². The van der Waals surface area contributed by atoms with Crippen LogP contribution in [0.25, 0.3) is 0 Å². The maximum absolute atomic E-state index is 13.8. The molecule has 0 heterocycles. The number of nitrogens with two attached hydrogens (primary N) is 1. The third-order valence-corrected chi connectivity index (χ3v) is 2.96. The van der Waals surface area contributed by atoms with Gasteiger partial charge in [0.1, 0.15) is 10.8 Å². The van der Waals surface area contributed by atoms with E-state index < -0.39 is 5.82 Å². The minimum absolute atomic E-state index is 0.0463. The number of nitrogens with one attached hydrogen (secondary N) is 1. The fourth-order valence-electron chi connectivity index (χ4n) is 2.08. The van der Waals surface area contributed by atoms with Crippen molar-refractivity contribution in [1.29, 1.82) is 0 Å². The number of benzene rings is 2. The summed E-state index contributed by atoms with van der Waals surface area (Å²) in [6.07, 6.45) is 0. The van der Waals surface area contributed by atoms with Crippen LogP contribution in [0, 0.1) is 19.7 Å². The highest BCUT2D eigenvalue weighted by molar-refractivity contribution is 7.80. The second-order valence-corrected chi connectivity index (χ2v) is 4.97. The van der Waals surface area contributed by atoms with Crippen LogP contribution in [0.5, 0.6) is 0 Å². The van der Waals surface area contributed by atoms with Crippen LogP contribution in [-0.4, -0.2) is 4.99 Å². The number of anilines is 2. The van der Waals surface area contributed by atoms with Crippen molar-refractivity contribution < 1.29 is 4.39 Å². The Morgan fingerprint density at radius 1 is 1.16 bits per heavy atom. The Morgan fingerprint density at radius 3 is 2.37 bits per heavy atom. The molecule has 0 aliphatic carbocycles. The minimum Gasteiger partial charge on any atom is -0.389 e. The molecule has 0 saturated carbocycles. The number of hydrogen-bond acceptors (Lipinski definition) is 2. The lowest BCUT2D eigenvalue weighted by atomic mass is 10.1. The fourth-order valence-corrected chi connectivity index (χ4v) is 2.29. The third kappa shape index (κ3) is 3.09. The summed E-state index contributed by atoms with van der Waals surface area (Å²) in [5.41, 5.74) is 9.57. The number of halogens is 1. The molecule has 2 aromatic rings. The van der Waals surface area contributed by atoms with Gasteiger partial charge in [-0.1, -0.05) is 24.4 Å². The van der Waals surface area contributed by atoms with Crippen LogP contribution < -0.4 is 11.1 Å². The normalized spacial score (nSPS) is 10.3. The largest absolute Gasteiger partial charge is 0.389 e. The van der Waals surface area contributed by atoms with E-state index in [1.54, 1.807) is 12.1 Å². The van der Waals surface area contributed by atoms with Crippen LogP contribution in [0.15, 0.2) is 36.4 Å². The van der Waals surface area contributed by atoms with Crippen LogP contribution in [0.3, 0.4) is 0 Å². The highest BCUT2D eigenvalue weighted by atomic mass is 32.1. The second-order valence-electron chi connectivity index (χ2n) is 4.53. The maximum Gasteiger partial charge on any atom is 0.135 e. The van der Waals surface area contributed by atoms with Crippen LogP contribution in [0.2, 0.25) is 0 Å². The molecule has 0 fully saturated rings. The summed E-state index contributed by atoms with van der Waals surface area (Å²) in [4.78, 5) is 0.0463. The average Bonchev–Trinajstić information content (AvgIpc) is 2.26. The molecule has 0 aliphatic heterocycles. The monoisotopic (exact) mass is 274 g/mol. The Kier molecular flexibility index (Phi) is 3.81. The van der Waals surface area contributed by atoms with Gasteiger partial charge in [0.05, 0.1) is 11.3 Å². The molecule has 2 rings (SSSR count). The topological polar surface area (TPSA) is 38.0 Å². The molecule has 98 valence electrons. The second kappa shape index (κ2) is 5.36. The van der Waals surface area contributed by atoms with Crippen molar-refractivity contribution in [1.82, 2.24) is 0 Å². The molecule has 0 bridgehead atoms. The van der Waals surface area contributed by atoms with Gasteiger partial charge in [0.15, 0.2) is 0 Å². The lowest BCUT2D eigenvalue weighted by Gasteiger charge is -2.13. The fraction of sp³-hybridized carbons (Fsp3) is 0.133. The first kappa shape index (κ1) is 13.5. The molecule has 0 unspecified atom stereocenters. The van der Waals surface area contributed by atoms with Crippen molar-refractivity contribution in [2.45, 2.75) is 13.8 Å². The summed E-state index contributed by atoms with van der Waals surface area (Å²) >= 11 is 4.90. The Hall–Kier alpha value is -1.94. The van der Waals surface area contributed by atoms with Gasteiger partial charge in [0.25, 0.3) is 0 Å². The molecule has 3 N–H and O–H groups in total. The zero-order valence-electron chi connectivity index (χ0n) is 10.8. The van der Waals surface area contributed by atoms with Crippen molar-refractivity contribution in [3.05, 3.63) is 58.9 Å². The molecule has 0 spiro atoms. The van der Waals surface area contributed by atoms with Crippen molar-refractivity contribution >= 4 is 28.6 Å². The minimum atomic E-state index is -0.415. The predicted octanol–water partition coefficient (Wildman–Crippen LogP) is 3.82. The highest BCUT2D eigenvalue weighted by Crippen LogP contribution is 2.24. The third-order valence-electron chi connectivity index (χ3n) is 2.76. The first-order valence-corrected chi connectivity index (χ1v) is 6.32. The molecular weight excluding hydrogens is 259 g/mol. The Morgan fingerprint density at radius 2 is 1.79 bits per heavy atom. The van der Waals surface area contributed by atoms with Crippen LogP contribution >= 0.6 is 12.2 Å². The molecule has 19 heavy (non-hydrogen) atoms. The first-order chi connectivity index (χ1) is 8.97. The van der Waals surface area contributed by atoms with Crippen molar-refractivity contribution in [3.8, 4) is 0 Å². The molecule has 4 heteroatoms. The highest BCUT2D eigenvalue weighted by Gasteiger charge is 2.11. The van der Waals surface area contributed by atoms with E-state index >= 15 is 0 Å². The van der Waals surface area contributed by atoms with Gasteiger partial charge in [-0.15, -0.1) is 0 Å². The van der Waals surface area contributed by atoms with E-state index in [2.05, 4.69) is 11.4 Å². The van der Waals surface area contributed by atoms with E-state index in [1.807, 2.05) is 26.0 Å². The SMILES string of the molecule is Cc1cc(C)cc(Nc2cccc(F)c2C(N)=S)c1. The van der Waals surface area contributed by atoms with Crippen LogP contribution in [0.4, 0.5) is 15.8 Å². The molecule has 0 amide bonds. The van der Waals surface area contributed by atoms with Crippen molar-refractivity contribution in [3.63, 3.8) is 0 Å². The summed E-state index contributed by atoms with van der Waals surface area (Å²) in [5.74, 6) is -0.415. The molecule has 0 radical (unpaired) electrons. The van der Waals surface area contributed by atoms with E-state index in [-0.39, 0.29) is 10.6 Å². The van der Waals surface area contributed by atoms with Gasteiger partial charge in [-0.25, -0.2) is 4.39 Å². The zero-order chi connectivity index (χ0) is 14.0. The van der Waals surface area contributed by atoms with Gasteiger partial charge in [0, 0.05) is 5.69 Å². The smallest absolute Gasteiger partial charge is 0.135 e. The number of rotatable bonds is 3. The van der Waals surface area contributed by atoms with Gasteiger partial charge in [-0.2, -0.15) is 0 Å². The van der Waals surface area contributed by atoms with Crippen molar-refractivity contribution in [2.75, 3.05) is 5.32 Å². The van der Waals surface area contributed by atoms with Gasteiger partial charge in [-0.3, -0.25) is 0 Å². The number of aryl methyl sites for hydroxylation is 2. The van der Waals surface area contributed by atoms with E-state index in [1.165, 1.54) is 6.07 Å². The van der Waals surface area contributed by atoms with Gasteiger partial charge < -0.3 is 11.1 Å². The lowest BCUT2D eigenvalue weighted by Crippen LogP contribution is -2.14. The molecule has 0 aliphatic rings. The Balaban J connectivity index is 2.43. The van der Waals surface area contributed by atoms with E-state index in [4.69, 9.17) is 18.0 Å². The molecule has 2 nitrogen and oxygen atoms in total. The number of hydrogen-bond donors (Lipinski definition) is 2. The summed E-state index contributed by atoms with van der Waals surface area (Å²) < 4.78 is 13.8. The molecular formula is C15H15FN2S.